The Morgan fingerprint density at radius 3 is 2.79 bits per heavy atom. The van der Waals surface area contributed by atoms with Gasteiger partial charge in [0.2, 0.25) is 0 Å². The minimum absolute atomic E-state index is 0.0841. The molecule has 0 radical (unpaired) electrons. The monoisotopic (exact) mass is 329 g/mol. The Balaban J connectivity index is 1.87. The molecule has 0 aliphatic heterocycles. The molecule has 1 aromatic heterocycles. The van der Waals surface area contributed by atoms with Crippen molar-refractivity contribution >= 4 is 11.7 Å². The minimum atomic E-state index is -0.518. The summed E-state index contributed by atoms with van der Waals surface area (Å²) in [5, 5.41) is 18.7. The molecule has 2 aromatic rings. The van der Waals surface area contributed by atoms with Crippen molar-refractivity contribution in [2.75, 3.05) is 11.9 Å². The molecule has 126 valence electrons. The number of carbonyl (C=O) groups is 1. The molecule has 6 nitrogen and oxygen atoms in total. The zero-order valence-electron chi connectivity index (χ0n) is 13.9. The van der Waals surface area contributed by atoms with Crippen molar-refractivity contribution in [3.05, 3.63) is 47.0 Å². The zero-order valence-corrected chi connectivity index (χ0v) is 13.9. The summed E-state index contributed by atoms with van der Waals surface area (Å²) in [6.45, 7) is 7.09. The predicted molar refractivity (Wildman–Crippen MR) is 89.0 cm³/mol. The van der Waals surface area contributed by atoms with Crippen LogP contribution in [0.3, 0.4) is 0 Å². The Hall–Kier alpha value is -2.88. The van der Waals surface area contributed by atoms with Gasteiger partial charge in [-0.1, -0.05) is 6.92 Å². The van der Waals surface area contributed by atoms with Crippen LogP contribution in [0, 0.1) is 36.9 Å². The molecule has 0 saturated heterocycles. The van der Waals surface area contributed by atoms with Crippen molar-refractivity contribution in [1.29, 1.82) is 5.26 Å². The number of amides is 2. The van der Waals surface area contributed by atoms with Gasteiger partial charge < -0.3 is 10.6 Å². The van der Waals surface area contributed by atoms with Gasteiger partial charge in [0.25, 0.3) is 0 Å². The summed E-state index contributed by atoms with van der Waals surface area (Å²) in [5.41, 5.74) is 2.41. The van der Waals surface area contributed by atoms with Crippen molar-refractivity contribution in [2.45, 2.75) is 27.3 Å². The van der Waals surface area contributed by atoms with Crippen LogP contribution in [-0.4, -0.2) is 22.4 Å². The molecule has 2 N–H and O–H groups in total. The maximum absolute atomic E-state index is 13.1. The lowest BCUT2D eigenvalue weighted by atomic mass is 10.2. The fraction of sp³-hybridized carbons (Fsp3) is 0.353. The summed E-state index contributed by atoms with van der Waals surface area (Å²) in [4.78, 5) is 11.9. The third-order valence-electron chi connectivity index (χ3n) is 3.55. The van der Waals surface area contributed by atoms with Crippen molar-refractivity contribution in [1.82, 2.24) is 15.1 Å². The molecule has 2 rings (SSSR count). The van der Waals surface area contributed by atoms with Crippen molar-refractivity contribution in [3.8, 4) is 6.07 Å². The minimum Gasteiger partial charge on any atom is -0.338 e. The average Bonchev–Trinajstić information content (AvgIpc) is 2.84. The number of hydrogen-bond acceptors (Lipinski definition) is 3. The number of carbonyl (C=O) groups excluding carboxylic acids is 1. The van der Waals surface area contributed by atoms with E-state index in [4.69, 9.17) is 5.26 Å². The first-order chi connectivity index (χ1) is 11.4. The van der Waals surface area contributed by atoms with E-state index in [0.717, 1.165) is 17.5 Å². The second kappa shape index (κ2) is 7.59. The molecule has 7 heteroatoms. The largest absolute Gasteiger partial charge is 0.338 e. The molecule has 0 spiro atoms. The van der Waals surface area contributed by atoms with E-state index in [1.165, 1.54) is 12.1 Å². The second-order valence-corrected chi connectivity index (χ2v) is 5.85. The lowest BCUT2D eigenvalue weighted by molar-refractivity contribution is 0.249. The average molecular weight is 329 g/mol. The third-order valence-corrected chi connectivity index (χ3v) is 3.55. The van der Waals surface area contributed by atoms with E-state index >= 15 is 0 Å². The van der Waals surface area contributed by atoms with E-state index in [0.29, 0.717) is 13.1 Å². The predicted octanol–water partition coefficient (Wildman–Crippen LogP) is 2.97. The summed E-state index contributed by atoms with van der Waals surface area (Å²) in [5.74, 6) is -0.339. The van der Waals surface area contributed by atoms with Gasteiger partial charge in [-0.05, 0) is 44.0 Å². The van der Waals surface area contributed by atoms with Crippen LogP contribution >= 0.6 is 0 Å². The molecule has 24 heavy (non-hydrogen) atoms. The molecule has 1 atom stereocenters. The summed E-state index contributed by atoms with van der Waals surface area (Å²) >= 11 is 0. The van der Waals surface area contributed by atoms with Gasteiger partial charge in [0.15, 0.2) is 0 Å². The van der Waals surface area contributed by atoms with Crippen molar-refractivity contribution in [2.24, 2.45) is 5.92 Å². The molecule has 0 saturated carbocycles. The fourth-order valence-electron chi connectivity index (χ4n) is 2.37. The van der Waals surface area contributed by atoms with Crippen LogP contribution in [0.5, 0.6) is 0 Å². The maximum atomic E-state index is 13.1. The Kier molecular flexibility index (Phi) is 5.53. The number of nitrogens with one attached hydrogen (secondary N) is 2. The number of urea groups is 1. The number of halogens is 1. The third kappa shape index (κ3) is 4.56. The molecule has 1 heterocycles. The molecule has 0 aliphatic rings. The van der Waals surface area contributed by atoms with Crippen LogP contribution < -0.4 is 10.6 Å². The van der Waals surface area contributed by atoms with Gasteiger partial charge >= 0.3 is 6.03 Å². The standard InChI is InChI=1S/C17H20FN5O/c1-11(10-23-13(3)6-12(2)22-23)9-20-17(24)21-16-5-4-15(18)7-14(16)8-19/h4-7,11H,9-10H2,1-3H3,(H2,20,21,24). The number of aromatic nitrogens is 2. The topological polar surface area (TPSA) is 82.7 Å². The summed E-state index contributed by atoms with van der Waals surface area (Å²) < 4.78 is 15.0. The van der Waals surface area contributed by atoms with Gasteiger partial charge in [-0.15, -0.1) is 0 Å². The van der Waals surface area contributed by atoms with Gasteiger partial charge in [0, 0.05) is 18.8 Å². The SMILES string of the molecule is Cc1cc(C)n(CC(C)CNC(=O)Nc2ccc(F)cc2C#N)n1. The van der Waals surface area contributed by atoms with Crippen LogP contribution in [0.25, 0.3) is 0 Å². The molecule has 0 bridgehead atoms. The molecule has 0 aliphatic carbocycles. The van der Waals surface area contributed by atoms with E-state index in [1.54, 1.807) is 0 Å². The first kappa shape index (κ1) is 17.5. The summed E-state index contributed by atoms with van der Waals surface area (Å²) in [7, 11) is 0. The second-order valence-electron chi connectivity index (χ2n) is 5.85. The molecule has 1 aromatic carbocycles. The number of hydrogen-bond donors (Lipinski definition) is 2. The smallest absolute Gasteiger partial charge is 0.319 e. The Labute approximate surface area is 140 Å². The normalized spacial score (nSPS) is 11.6. The Morgan fingerprint density at radius 1 is 1.42 bits per heavy atom. The van der Waals surface area contributed by atoms with Gasteiger partial charge in [-0.3, -0.25) is 4.68 Å². The maximum Gasteiger partial charge on any atom is 0.319 e. The van der Waals surface area contributed by atoms with E-state index in [1.807, 2.05) is 37.6 Å². The van der Waals surface area contributed by atoms with Gasteiger partial charge in [-0.2, -0.15) is 10.4 Å². The highest BCUT2D eigenvalue weighted by Gasteiger charge is 2.11. The quantitative estimate of drug-likeness (QED) is 0.884. The summed E-state index contributed by atoms with van der Waals surface area (Å²) in [6.07, 6.45) is 0. The Bertz CT molecular complexity index is 778. The van der Waals surface area contributed by atoms with Crippen molar-refractivity contribution in [3.63, 3.8) is 0 Å². The summed E-state index contributed by atoms with van der Waals surface area (Å²) in [6, 6.07) is 7.07. The number of anilines is 1. The van der Waals surface area contributed by atoms with Gasteiger partial charge in [-0.25, -0.2) is 9.18 Å². The van der Waals surface area contributed by atoms with Gasteiger partial charge in [0.1, 0.15) is 11.9 Å². The molecule has 0 fully saturated rings. The van der Waals surface area contributed by atoms with E-state index < -0.39 is 11.8 Å². The van der Waals surface area contributed by atoms with Crippen LogP contribution in [0.15, 0.2) is 24.3 Å². The molecule has 1 unspecified atom stereocenters. The van der Waals surface area contributed by atoms with Crippen LogP contribution in [0.4, 0.5) is 14.9 Å². The number of benzene rings is 1. The highest BCUT2D eigenvalue weighted by Crippen LogP contribution is 2.15. The lowest BCUT2D eigenvalue weighted by Gasteiger charge is -2.15. The number of nitriles is 1. The molecule has 2 amide bonds. The van der Waals surface area contributed by atoms with Gasteiger partial charge in [0.05, 0.1) is 16.9 Å². The van der Waals surface area contributed by atoms with Crippen LogP contribution in [-0.2, 0) is 6.54 Å². The highest BCUT2D eigenvalue weighted by atomic mass is 19.1. The first-order valence-electron chi connectivity index (χ1n) is 7.64. The molecular weight excluding hydrogens is 309 g/mol. The van der Waals surface area contributed by atoms with Crippen LogP contribution in [0.1, 0.15) is 23.9 Å². The van der Waals surface area contributed by atoms with Crippen molar-refractivity contribution < 1.29 is 9.18 Å². The number of nitrogens with zero attached hydrogens (tertiary/aromatic N) is 3. The Morgan fingerprint density at radius 2 is 2.17 bits per heavy atom. The van der Waals surface area contributed by atoms with Crippen LogP contribution in [0.2, 0.25) is 0 Å². The highest BCUT2D eigenvalue weighted by molar-refractivity contribution is 5.90. The number of aryl methyl sites for hydroxylation is 2. The fourth-order valence-corrected chi connectivity index (χ4v) is 2.37. The number of rotatable bonds is 5. The van der Waals surface area contributed by atoms with E-state index in [-0.39, 0.29) is 17.2 Å². The first-order valence-corrected chi connectivity index (χ1v) is 7.64. The van der Waals surface area contributed by atoms with E-state index in [9.17, 15) is 9.18 Å². The van der Waals surface area contributed by atoms with E-state index in [2.05, 4.69) is 15.7 Å². The molecular formula is C17H20FN5O. The lowest BCUT2D eigenvalue weighted by Crippen LogP contribution is -2.34. The zero-order chi connectivity index (χ0) is 17.7.